The lowest BCUT2D eigenvalue weighted by Crippen LogP contribution is -2.19. The maximum Gasteiger partial charge on any atom is 0.243 e. The number of Topliss-reactive ketones (excluding diaryl/α,β-unsaturated/α-hetero) is 1. The number of rotatable bonds is 5. The molecular weight excluding hydrogens is 210 g/mol. The van der Waals surface area contributed by atoms with E-state index in [1.807, 2.05) is 0 Å². The monoisotopic (exact) mass is 223 g/mol. The smallest absolute Gasteiger partial charge is 0.243 e. The summed E-state index contributed by atoms with van der Waals surface area (Å²) in [4.78, 5) is 22.3. The molecule has 5 heteroatoms. The third kappa shape index (κ3) is 3.36. The Morgan fingerprint density at radius 3 is 2.75 bits per heavy atom. The quantitative estimate of drug-likeness (QED) is 0.446. The molecule has 0 aliphatic rings. The molecule has 1 amide bonds. The van der Waals surface area contributed by atoms with Crippen LogP contribution in [-0.4, -0.2) is 24.0 Å². The molecule has 0 saturated heterocycles. The van der Waals surface area contributed by atoms with E-state index >= 15 is 0 Å². The minimum atomic E-state index is -0.573. The van der Waals surface area contributed by atoms with Crippen LogP contribution in [0.3, 0.4) is 0 Å². The molecule has 86 valence electrons. The van der Waals surface area contributed by atoms with Crippen molar-refractivity contribution in [3.05, 3.63) is 29.8 Å². The van der Waals surface area contributed by atoms with E-state index in [0.29, 0.717) is 11.3 Å². The van der Waals surface area contributed by atoms with Crippen LogP contribution in [0.2, 0.25) is 0 Å². The Morgan fingerprint density at radius 2 is 2.12 bits per heavy atom. The second kappa shape index (κ2) is 5.87. The number of hydrogen-bond acceptors (Lipinski definition) is 4. The molecule has 0 fully saturated rings. The van der Waals surface area contributed by atoms with E-state index in [1.54, 1.807) is 24.3 Å². The van der Waals surface area contributed by atoms with Gasteiger partial charge in [0.2, 0.25) is 5.91 Å². The number of nitrogens with one attached hydrogen (secondary N) is 1. The molecule has 0 saturated carbocycles. The fourth-order valence-electron chi connectivity index (χ4n) is 1.22. The summed E-state index contributed by atoms with van der Waals surface area (Å²) in [6.45, 7) is 0. The first-order valence-corrected chi connectivity index (χ1v) is 4.77. The van der Waals surface area contributed by atoms with Crippen LogP contribution in [0, 0.1) is 0 Å². The lowest BCUT2D eigenvalue weighted by molar-refractivity contribution is -0.129. The summed E-state index contributed by atoms with van der Waals surface area (Å²) in [5.41, 5.74) is 1.97. The van der Waals surface area contributed by atoms with Gasteiger partial charge in [-0.15, -0.1) is 0 Å². The van der Waals surface area contributed by atoms with E-state index in [0.717, 1.165) is 0 Å². The summed E-state index contributed by atoms with van der Waals surface area (Å²) in [7, 11) is 1.52. The fourth-order valence-corrected chi connectivity index (χ4v) is 1.22. The molecule has 16 heavy (non-hydrogen) atoms. The van der Waals surface area contributed by atoms with Crippen molar-refractivity contribution in [3.63, 3.8) is 0 Å². The zero-order valence-corrected chi connectivity index (χ0v) is 8.90. The highest BCUT2D eigenvalue weighted by atomic mass is 16.5. The standard InChI is InChI=1S/C11H13NO4/c1-16-9-4-2-3-8(7-9)10(13)5-6-11(14)12-15/h2-4,7,15H,5-6H2,1H3,(H,12,14). The van der Waals surface area contributed by atoms with Crippen LogP contribution < -0.4 is 10.2 Å². The molecule has 0 radical (unpaired) electrons. The number of ether oxygens (including phenoxy) is 1. The SMILES string of the molecule is COc1cccc(C(=O)CCC(=O)NO)c1. The molecule has 0 heterocycles. The minimum absolute atomic E-state index is 0.0352. The van der Waals surface area contributed by atoms with Crippen LogP contribution >= 0.6 is 0 Å². The van der Waals surface area contributed by atoms with E-state index in [2.05, 4.69) is 0 Å². The van der Waals surface area contributed by atoms with Crippen molar-refractivity contribution in [2.45, 2.75) is 12.8 Å². The van der Waals surface area contributed by atoms with Crippen LogP contribution in [-0.2, 0) is 4.79 Å². The van der Waals surface area contributed by atoms with Crippen molar-refractivity contribution in [1.29, 1.82) is 0 Å². The lowest BCUT2D eigenvalue weighted by atomic mass is 10.1. The van der Waals surface area contributed by atoms with Gasteiger partial charge in [0.1, 0.15) is 5.75 Å². The Morgan fingerprint density at radius 1 is 1.38 bits per heavy atom. The van der Waals surface area contributed by atoms with E-state index in [1.165, 1.54) is 12.6 Å². The Bertz CT molecular complexity index is 389. The molecule has 0 unspecified atom stereocenters. The summed E-state index contributed by atoms with van der Waals surface area (Å²) in [5, 5.41) is 8.27. The third-order valence-corrected chi connectivity index (χ3v) is 2.10. The first-order chi connectivity index (χ1) is 7.67. The molecule has 0 aromatic heterocycles. The van der Waals surface area contributed by atoms with Crippen molar-refractivity contribution < 1.29 is 19.5 Å². The number of carbonyl (C=O) groups is 2. The van der Waals surface area contributed by atoms with Crippen molar-refractivity contribution in [2.24, 2.45) is 0 Å². The zero-order chi connectivity index (χ0) is 12.0. The summed E-state index contributed by atoms with van der Waals surface area (Å²) in [5.74, 6) is -0.142. The van der Waals surface area contributed by atoms with Gasteiger partial charge in [0, 0.05) is 18.4 Å². The van der Waals surface area contributed by atoms with Crippen LogP contribution in [0.25, 0.3) is 0 Å². The van der Waals surface area contributed by atoms with E-state index in [4.69, 9.17) is 9.94 Å². The molecule has 1 aromatic carbocycles. The highest BCUT2D eigenvalue weighted by molar-refractivity contribution is 5.98. The average molecular weight is 223 g/mol. The molecular formula is C11H13NO4. The number of benzene rings is 1. The van der Waals surface area contributed by atoms with Crippen molar-refractivity contribution in [3.8, 4) is 5.75 Å². The maximum absolute atomic E-state index is 11.6. The van der Waals surface area contributed by atoms with Crippen LogP contribution in [0.5, 0.6) is 5.75 Å². The lowest BCUT2D eigenvalue weighted by Gasteiger charge is -2.03. The topological polar surface area (TPSA) is 75.6 Å². The predicted molar refractivity (Wildman–Crippen MR) is 56.5 cm³/mol. The molecule has 1 rings (SSSR count). The normalized spacial score (nSPS) is 9.62. The van der Waals surface area contributed by atoms with E-state index < -0.39 is 5.91 Å². The summed E-state index contributed by atoms with van der Waals surface area (Å²) in [6.07, 6.45) is 0.0199. The summed E-state index contributed by atoms with van der Waals surface area (Å²) >= 11 is 0. The molecule has 0 aliphatic heterocycles. The van der Waals surface area contributed by atoms with Gasteiger partial charge in [-0.05, 0) is 12.1 Å². The van der Waals surface area contributed by atoms with Crippen LogP contribution in [0.4, 0.5) is 0 Å². The highest BCUT2D eigenvalue weighted by Gasteiger charge is 2.09. The summed E-state index contributed by atoms with van der Waals surface area (Å²) < 4.78 is 4.98. The third-order valence-electron chi connectivity index (χ3n) is 2.10. The molecule has 0 bridgehead atoms. The predicted octanol–water partition coefficient (Wildman–Crippen LogP) is 1.16. The van der Waals surface area contributed by atoms with Gasteiger partial charge in [0.05, 0.1) is 7.11 Å². The number of ketones is 1. The molecule has 0 spiro atoms. The molecule has 2 N–H and O–H groups in total. The highest BCUT2D eigenvalue weighted by Crippen LogP contribution is 2.14. The Balaban J connectivity index is 2.62. The summed E-state index contributed by atoms with van der Waals surface area (Å²) in [6, 6.07) is 6.70. The maximum atomic E-state index is 11.6. The second-order valence-electron chi connectivity index (χ2n) is 3.19. The molecule has 5 nitrogen and oxygen atoms in total. The van der Waals surface area contributed by atoms with Gasteiger partial charge in [-0.25, -0.2) is 5.48 Å². The zero-order valence-electron chi connectivity index (χ0n) is 8.90. The number of carbonyl (C=O) groups excluding carboxylic acids is 2. The molecule has 0 aliphatic carbocycles. The number of amides is 1. The van der Waals surface area contributed by atoms with E-state index in [9.17, 15) is 9.59 Å². The van der Waals surface area contributed by atoms with Gasteiger partial charge in [-0.2, -0.15) is 0 Å². The molecule has 0 atom stereocenters. The van der Waals surface area contributed by atoms with Crippen LogP contribution in [0.1, 0.15) is 23.2 Å². The number of hydroxylamine groups is 1. The second-order valence-corrected chi connectivity index (χ2v) is 3.19. The minimum Gasteiger partial charge on any atom is -0.497 e. The molecule has 1 aromatic rings. The van der Waals surface area contributed by atoms with Gasteiger partial charge in [0.25, 0.3) is 0 Å². The van der Waals surface area contributed by atoms with Gasteiger partial charge < -0.3 is 4.74 Å². The van der Waals surface area contributed by atoms with Crippen molar-refractivity contribution in [1.82, 2.24) is 5.48 Å². The first kappa shape index (κ1) is 12.2. The van der Waals surface area contributed by atoms with Gasteiger partial charge in [-0.1, -0.05) is 12.1 Å². The largest absolute Gasteiger partial charge is 0.497 e. The first-order valence-electron chi connectivity index (χ1n) is 4.77. The Kier molecular flexibility index (Phi) is 4.47. The Hall–Kier alpha value is -1.88. The van der Waals surface area contributed by atoms with Crippen LogP contribution in [0.15, 0.2) is 24.3 Å². The van der Waals surface area contributed by atoms with Gasteiger partial charge in [-0.3, -0.25) is 14.8 Å². The average Bonchev–Trinajstić information content (AvgIpc) is 2.35. The fraction of sp³-hybridized carbons (Fsp3) is 0.273. The number of hydrogen-bond donors (Lipinski definition) is 2. The van der Waals surface area contributed by atoms with E-state index in [-0.39, 0.29) is 18.6 Å². The number of methoxy groups -OCH3 is 1. The Labute approximate surface area is 93.0 Å². The van der Waals surface area contributed by atoms with Gasteiger partial charge in [0.15, 0.2) is 5.78 Å². The van der Waals surface area contributed by atoms with Crippen molar-refractivity contribution in [2.75, 3.05) is 7.11 Å². The van der Waals surface area contributed by atoms with Crippen molar-refractivity contribution >= 4 is 11.7 Å². The van der Waals surface area contributed by atoms with Gasteiger partial charge >= 0.3 is 0 Å².